The number of imidazole rings is 1. The molecule has 0 amide bonds. The third-order valence-electron chi connectivity index (χ3n) is 4.33. The first-order valence-electron chi connectivity index (χ1n) is 8.21. The number of benzene rings is 1. The Kier molecular flexibility index (Phi) is 5.27. The van der Waals surface area contributed by atoms with E-state index in [1.165, 1.54) is 0 Å². The van der Waals surface area contributed by atoms with E-state index in [2.05, 4.69) is 4.98 Å². The zero-order chi connectivity index (χ0) is 17.2. The highest BCUT2D eigenvalue weighted by Gasteiger charge is 2.30. The summed E-state index contributed by atoms with van der Waals surface area (Å²) in [6.07, 6.45) is 5.81. The number of aromatic nitrogens is 2. The van der Waals surface area contributed by atoms with Crippen LogP contribution in [0.5, 0.6) is 0 Å². The van der Waals surface area contributed by atoms with E-state index in [0.29, 0.717) is 30.6 Å². The van der Waals surface area contributed by atoms with Gasteiger partial charge >= 0.3 is 0 Å². The molecule has 5 nitrogen and oxygen atoms in total. The first-order chi connectivity index (χ1) is 11.5. The van der Waals surface area contributed by atoms with Crippen LogP contribution in [-0.4, -0.2) is 34.6 Å². The van der Waals surface area contributed by atoms with Gasteiger partial charge in [0.25, 0.3) is 0 Å². The van der Waals surface area contributed by atoms with Crippen molar-refractivity contribution in [1.82, 2.24) is 13.9 Å². The van der Waals surface area contributed by atoms with E-state index in [1.54, 1.807) is 17.4 Å². The van der Waals surface area contributed by atoms with Crippen molar-refractivity contribution in [1.29, 1.82) is 0 Å². The smallest absolute Gasteiger partial charge is 0.214 e. The molecule has 0 N–H and O–H groups in total. The molecule has 1 saturated carbocycles. The Labute approximate surface area is 148 Å². The lowest BCUT2D eigenvalue weighted by molar-refractivity contribution is 0.378. The maximum atomic E-state index is 12.4. The highest BCUT2D eigenvalue weighted by Crippen LogP contribution is 2.31. The number of rotatable bonds is 8. The molecule has 0 atom stereocenters. The maximum absolute atomic E-state index is 12.4. The molecule has 0 spiro atoms. The third kappa shape index (κ3) is 4.18. The summed E-state index contributed by atoms with van der Waals surface area (Å²) in [4.78, 5) is 4.37. The Balaban J connectivity index is 1.79. The van der Waals surface area contributed by atoms with Gasteiger partial charge in [-0.15, -0.1) is 0 Å². The molecule has 1 aliphatic rings. The van der Waals surface area contributed by atoms with Crippen molar-refractivity contribution >= 4 is 21.6 Å². The van der Waals surface area contributed by atoms with Gasteiger partial charge < -0.3 is 4.57 Å². The first-order valence-corrected chi connectivity index (χ1v) is 10.2. The Bertz CT molecular complexity index is 800. The average Bonchev–Trinajstić information content (AvgIpc) is 3.28. The van der Waals surface area contributed by atoms with E-state index in [-0.39, 0.29) is 5.75 Å². The minimum absolute atomic E-state index is 0.116. The Hall–Kier alpha value is -1.37. The molecule has 130 valence electrons. The SMILES string of the molecule is CCS(=O)(=O)N(Cc1nccn1Cc1ccccc1Cl)CC1CC1. The lowest BCUT2D eigenvalue weighted by Crippen LogP contribution is -2.34. The zero-order valence-corrected chi connectivity index (χ0v) is 15.3. The van der Waals surface area contributed by atoms with Crippen molar-refractivity contribution in [2.24, 2.45) is 5.92 Å². The molecule has 2 aromatic rings. The zero-order valence-electron chi connectivity index (χ0n) is 13.7. The van der Waals surface area contributed by atoms with Crippen molar-refractivity contribution in [2.45, 2.75) is 32.9 Å². The van der Waals surface area contributed by atoms with Crippen LogP contribution in [0.2, 0.25) is 5.02 Å². The molecule has 7 heteroatoms. The van der Waals surface area contributed by atoms with Crippen LogP contribution in [0.3, 0.4) is 0 Å². The summed E-state index contributed by atoms with van der Waals surface area (Å²) in [6.45, 7) is 3.17. The van der Waals surface area contributed by atoms with Gasteiger partial charge in [0.1, 0.15) is 5.82 Å². The molecule has 0 bridgehead atoms. The van der Waals surface area contributed by atoms with Gasteiger partial charge in [0, 0.05) is 24.0 Å². The van der Waals surface area contributed by atoms with Crippen LogP contribution in [0, 0.1) is 5.92 Å². The number of halogens is 1. The number of sulfonamides is 1. The average molecular weight is 368 g/mol. The largest absolute Gasteiger partial charge is 0.329 e. The van der Waals surface area contributed by atoms with Crippen LogP contribution < -0.4 is 0 Å². The van der Waals surface area contributed by atoms with Crippen LogP contribution in [0.4, 0.5) is 0 Å². The van der Waals surface area contributed by atoms with Gasteiger partial charge in [-0.3, -0.25) is 0 Å². The van der Waals surface area contributed by atoms with E-state index in [9.17, 15) is 8.42 Å². The van der Waals surface area contributed by atoms with Crippen molar-refractivity contribution < 1.29 is 8.42 Å². The van der Waals surface area contributed by atoms with E-state index in [1.807, 2.05) is 35.0 Å². The molecule has 1 fully saturated rings. The van der Waals surface area contributed by atoms with Crippen LogP contribution in [-0.2, 0) is 23.1 Å². The van der Waals surface area contributed by atoms with Crippen LogP contribution in [0.1, 0.15) is 31.2 Å². The topological polar surface area (TPSA) is 55.2 Å². The Morgan fingerprint density at radius 2 is 2.08 bits per heavy atom. The van der Waals surface area contributed by atoms with E-state index >= 15 is 0 Å². The van der Waals surface area contributed by atoms with Crippen LogP contribution in [0.25, 0.3) is 0 Å². The second-order valence-corrected chi connectivity index (χ2v) is 8.86. The summed E-state index contributed by atoms with van der Waals surface area (Å²) in [5.41, 5.74) is 0.991. The molecule has 0 saturated heterocycles. The highest BCUT2D eigenvalue weighted by molar-refractivity contribution is 7.89. The molecule has 0 unspecified atom stereocenters. The summed E-state index contributed by atoms with van der Waals surface area (Å²) in [7, 11) is -3.24. The van der Waals surface area contributed by atoms with Crippen LogP contribution in [0.15, 0.2) is 36.7 Å². The quantitative estimate of drug-likeness (QED) is 0.720. The Morgan fingerprint density at radius 3 is 2.75 bits per heavy atom. The maximum Gasteiger partial charge on any atom is 0.214 e. The summed E-state index contributed by atoms with van der Waals surface area (Å²) in [5, 5.41) is 0.702. The monoisotopic (exact) mass is 367 g/mol. The molecule has 1 aromatic carbocycles. The normalized spacial score (nSPS) is 15.1. The van der Waals surface area contributed by atoms with Gasteiger partial charge in [0.2, 0.25) is 10.0 Å². The molecular weight excluding hydrogens is 346 g/mol. The third-order valence-corrected chi connectivity index (χ3v) is 6.50. The van der Waals surface area contributed by atoms with Gasteiger partial charge in [-0.1, -0.05) is 29.8 Å². The second kappa shape index (κ2) is 7.25. The fourth-order valence-electron chi connectivity index (χ4n) is 2.65. The van der Waals surface area contributed by atoms with E-state index in [4.69, 9.17) is 11.6 Å². The predicted molar refractivity (Wildman–Crippen MR) is 95.4 cm³/mol. The van der Waals surface area contributed by atoms with E-state index in [0.717, 1.165) is 24.2 Å². The standard InChI is InChI=1S/C17H22ClN3O2S/c1-2-24(22,23)21(11-14-7-8-14)13-17-19-9-10-20(17)12-15-5-3-4-6-16(15)18/h3-6,9-10,14H,2,7-8,11-13H2,1H3. The van der Waals surface area contributed by atoms with Crippen molar-refractivity contribution in [3.8, 4) is 0 Å². The molecule has 0 radical (unpaired) electrons. The molecule has 0 aliphatic heterocycles. The van der Waals surface area contributed by atoms with Crippen LogP contribution >= 0.6 is 11.6 Å². The number of hydrogen-bond acceptors (Lipinski definition) is 3. The van der Waals surface area contributed by atoms with Gasteiger partial charge in [-0.2, -0.15) is 4.31 Å². The second-order valence-electron chi connectivity index (χ2n) is 6.20. The summed E-state index contributed by atoms with van der Waals surface area (Å²) < 4.78 is 28.3. The van der Waals surface area contributed by atoms with E-state index < -0.39 is 10.0 Å². The molecule has 1 heterocycles. The summed E-state index contributed by atoms with van der Waals surface area (Å²) >= 11 is 6.23. The summed E-state index contributed by atoms with van der Waals surface area (Å²) in [5.74, 6) is 1.36. The van der Waals surface area contributed by atoms with Gasteiger partial charge in [-0.05, 0) is 37.3 Å². The minimum atomic E-state index is -3.24. The molecule has 1 aliphatic carbocycles. The predicted octanol–water partition coefficient (Wildman–Crippen LogP) is 3.15. The van der Waals surface area contributed by atoms with Crippen molar-refractivity contribution in [2.75, 3.05) is 12.3 Å². The van der Waals surface area contributed by atoms with Gasteiger partial charge in [0.15, 0.2) is 0 Å². The fraction of sp³-hybridized carbons (Fsp3) is 0.471. The van der Waals surface area contributed by atoms with Crippen molar-refractivity contribution in [3.63, 3.8) is 0 Å². The molecular formula is C17H22ClN3O2S. The fourth-order valence-corrected chi connectivity index (χ4v) is 3.96. The molecule has 1 aromatic heterocycles. The van der Waals surface area contributed by atoms with Gasteiger partial charge in [0.05, 0.1) is 18.8 Å². The van der Waals surface area contributed by atoms with Crippen molar-refractivity contribution in [3.05, 3.63) is 53.1 Å². The lowest BCUT2D eigenvalue weighted by Gasteiger charge is -2.21. The molecule has 3 rings (SSSR count). The highest BCUT2D eigenvalue weighted by atomic mass is 35.5. The summed E-state index contributed by atoms with van der Waals surface area (Å²) in [6, 6.07) is 7.66. The van der Waals surface area contributed by atoms with Gasteiger partial charge in [-0.25, -0.2) is 13.4 Å². The number of nitrogens with zero attached hydrogens (tertiary/aromatic N) is 3. The Morgan fingerprint density at radius 1 is 1.33 bits per heavy atom. The minimum Gasteiger partial charge on any atom is -0.329 e. The lowest BCUT2D eigenvalue weighted by atomic mass is 10.2. The molecule has 24 heavy (non-hydrogen) atoms. The first kappa shape index (κ1) is 17.5. The number of hydrogen-bond donors (Lipinski definition) is 0.